The van der Waals surface area contributed by atoms with Crippen molar-refractivity contribution in [2.24, 2.45) is 0 Å². The number of ether oxygens (including phenoxy) is 1. The molecule has 1 aliphatic rings. The number of anilines is 1. The predicted molar refractivity (Wildman–Crippen MR) is 102 cm³/mol. The highest BCUT2D eigenvalue weighted by molar-refractivity contribution is 5.91. The normalized spacial score (nSPS) is 14.6. The van der Waals surface area contributed by atoms with Crippen LogP contribution in [0.2, 0.25) is 0 Å². The summed E-state index contributed by atoms with van der Waals surface area (Å²) in [5.41, 5.74) is 1.07. The molecule has 1 saturated heterocycles. The quantitative estimate of drug-likeness (QED) is 0.729. The Kier molecular flexibility index (Phi) is 6.10. The highest BCUT2D eigenvalue weighted by Crippen LogP contribution is 2.31. The van der Waals surface area contributed by atoms with Crippen molar-refractivity contribution in [3.63, 3.8) is 0 Å². The molecular formula is C21H21F3N2O3. The maximum atomic E-state index is 12.9. The second-order valence-electron chi connectivity index (χ2n) is 6.86. The minimum atomic E-state index is -4.39. The second kappa shape index (κ2) is 8.55. The Labute approximate surface area is 166 Å². The summed E-state index contributed by atoms with van der Waals surface area (Å²) in [5.74, 6) is -0.889. The minimum Gasteiger partial charge on any atom is -0.452 e. The van der Waals surface area contributed by atoms with Gasteiger partial charge in [0.25, 0.3) is 5.91 Å². The molecule has 1 amide bonds. The molecule has 8 heteroatoms. The number of nitrogens with zero attached hydrogens (tertiary/aromatic N) is 2. The number of alkyl halides is 3. The molecule has 2 aromatic carbocycles. The van der Waals surface area contributed by atoms with Crippen LogP contribution < -0.4 is 4.90 Å². The van der Waals surface area contributed by atoms with E-state index in [1.807, 2.05) is 13.0 Å². The molecule has 0 spiro atoms. The molecule has 3 rings (SSSR count). The van der Waals surface area contributed by atoms with Gasteiger partial charge in [-0.3, -0.25) is 4.79 Å². The number of carbonyl (C=O) groups is 2. The fraction of sp³-hybridized carbons (Fsp3) is 0.333. The molecule has 1 heterocycles. The molecule has 0 unspecified atom stereocenters. The summed E-state index contributed by atoms with van der Waals surface area (Å²) < 4.78 is 43.7. The molecular weight excluding hydrogens is 385 g/mol. The Hall–Kier alpha value is -3.03. The van der Waals surface area contributed by atoms with Crippen LogP contribution in [0.15, 0.2) is 48.5 Å². The van der Waals surface area contributed by atoms with Crippen LogP contribution in [0.5, 0.6) is 0 Å². The average Bonchev–Trinajstić information content (AvgIpc) is 2.71. The molecule has 0 saturated carbocycles. The van der Waals surface area contributed by atoms with Gasteiger partial charge >= 0.3 is 12.1 Å². The van der Waals surface area contributed by atoms with Gasteiger partial charge in [-0.25, -0.2) is 4.79 Å². The van der Waals surface area contributed by atoms with Gasteiger partial charge in [0.2, 0.25) is 0 Å². The lowest BCUT2D eigenvalue weighted by atomic mass is 10.1. The van der Waals surface area contributed by atoms with Crippen molar-refractivity contribution >= 4 is 17.6 Å². The van der Waals surface area contributed by atoms with Gasteiger partial charge < -0.3 is 14.5 Å². The lowest BCUT2D eigenvalue weighted by molar-refractivity contribution is -0.137. The van der Waals surface area contributed by atoms with E-state index in [0.29, 0.717) is 37.4 Å². The zero-order valence-corrected chi connectivity index (χ0v) is 15.9. The zero-order chi connectivity index (χ0) is 21.0. The number of esters is 1. The van der Waals surface area contributed by atoms with E-state index in [1.54, 1.807) is 34.1 Å². The van der Waals surface area contributed by atoms with Crippen LogP contribution >= 0.6 is 0 Å². The van der Waals surface area contributed by atoms with Gasteiger partial charge in [-0.05, 0) is 37.3 Å². The molecule has 0 bridgehead atoms. The van der Waals surface area contributed by atoms with Crippen molar-refractivity contribution in [2.75, 3.05) is 37.7 Å². The largest absolute Gasteiger partial charge is 0.452 e. The monoisotopic (exact) mass is 406 g/mol. The Bertz CT molecular complexity index is 891. The number of rotatable bonds is 4. The Morgan fingerprint density at radius 3 is 2.34 bits per heavy atom. The molecule has 154 valence electrons. The highest BCUT2D eigenvalue weighted by Gasteiger charge is 2.31. The first-order valence-corrected chi connectivity index (χ1v) is 9.18. The van der Waals surface area contributed by atoms with Crippen LogP contribution in [0, 0.1) is 6.92 Å². The van der Waals surface area contributed by atoms with E-state index >= 15 is 0 Å². The number of hydrogen-bond donors (Lipinski definition) is 0. The fourth-order valence-electron chi connectivity index (χ4n) is 3.17. The topological polar surface area (TPSA) is 49.9 Å². The fourth-order valence-corrected chi connectivity index (χ4v) is 3.17. The number of halogens is 3. The maximum absolute atomic E-state index is 12.9. The lowest BCUT2D eigenvalue weighted by Gasteiger charge is -2.36. The summed E-state index contributed by atoms with van der Waals surface area (Å²) in [7, 11) is 0. The third kappa shape index (κ3) is 5.28. The van der Waals surface area contributed by atoms with E-state index < -0.39 is 17.7 Å². The molecule has 1 aliphatic heterocycles. The van der Waals surface area contributed by atoms with Crippen molar-refractivity contribution in [3.05, 3.63) is 65.2 Å². The van der Waals surface area contributed by atoms with Crippen molar-refractivity contribution in [3.8, 4) is 0 Å². The van der Waals surface area contributed by atoms with E-state index in [9.17, 15) is 22.8 Å². The van der Waals surface area contributed by atoms with Gasteiger partial charge in [0.05, 0.1) is 11.1 Å². The van der Waals surface area contributed by atoms with E-state index in [0.717, 1.165) is 17.7 Å². The number of hydrogen-bond acceptors (Lipinski definition) is 4. The number of amides is 1. The molecule has 0 aliphatic carbocycles. The highest BCUT2D eigenvalue weighted by atomic mass is 19.4. The van der Waals surface area contributed by atoms with Crippen molar-refractivity contribution in [1.29, 1.82) is 0 Å². The smallest absolute Gasteiger partial charge is 0.416 e. The molecule has 0 radical (unpaired) electrons. The standard InChI is InChI=1S/C21H21F3N2O3/c1-15-4-2-5-16(12-15)20(28)29-14-19(27)26-10-8-25(9-11-26)18-7-3-6-17(13-18)21(22,23)24/h2-7,12-13H,8-11,14H2,1H3. The summed E-state index contributed by atoms with van der Waals surface area (Å²) in [5, 5.41) is 0. The van der Waals surface area contributed by atoms with E-state index in [2.05, 4.69) is 0 Å². The Morgan fingerprint density at radius 1 is 1.00 bits per heavy atom. The SMILES string of the molecule is Cc1cccc(C(=O)OCC(=O)N2CCN(c3cccc(C(F)(F)F)c3)CC2)c1. The van der Waals surface area contributed by atoms with Crippen LogP contribution in [0.25, 0.3) is 0 Å². The van der Waals surface area contributed by atoms with Gasteiger partial charge in [-0.2, -0.15) is 13.2 Å². The molecule has 0 aromatic heterocycles. The molecule has 1 fully saturated rings. The summed E-state index contributed by atoms with van der Waals surface area (Å²) >= 11 is 0. The minimum absolute atomic E-state index is 0.324. The summed E-state index contributed by atoms with van der Waals surface area (Å²) in [6.45, 7) is 2.98. The van der Waals surface area contributed by atoms with Gasteiger partial charge in [0.15, 0.2) is 6.61 Å². The first-order chi connectivity index (χ1) is 13.7. The van der Waals surface area contributed by atoms with Crippen molar-refractivity contribution in [1.82, 2.24) is 4.90 Å². The third-order valence-electron chi connectivity index (χ3n) is 4.75. The van der Waals surface area contributed by atoms with Crippen LogP contribution in [0.4, 0.5) is 18.9 Å². The first-order valence-electron chi connectivity index (χ1n) is 9.18. The van der Waals surface area contributed by atoms with Crippen molar-refractivity contribution < 1.29 is 27.5 Å². The van der Waals surface area contributed by atoms with Gasteiger partial charge in [-0.15, -0.1) is 0 Å². The Morgan fingerprint density at radius 2 is 1.69 bits per heavy atom. The van der Waals surface area contributed by atoms with E-state index in [-0.39, 0.29) is 12.5 Å². The zero-order valence-electron chi connectivity index (χ0n) is 15.9. The lowest BCUT2D eigenvalue weighted by Crippen LogP contribution is -2.50. The number of aryl methyl sites for hydroxylation is 1. The summed E-state index contributed by atoms with van der Waals surface area (Å²) in [6, 6.07) is 12.0. The molecule has 0 N–H and O–H groups in total. The van der Waals surface area contributed by atoms with Crippen LogP contribution in [0.3, 0.4) is 0 Å². The predicted octanol–water partition coefficient (Wildman–Crippen LogP) is 3.52. The summed E-state index contributed by atoms with van der Waals surface area (Å²) in [6.07, 6.45) is -4.39. The summed E-state index contributed by atoms with van der Waals surface area (Å²) in [4.78, 5) is 27.7. The molecule has 29 heavy (non-hydrogen) atoms. The van der Waals surface area contributed by atoms with E-state index in [1.165, 1.54) is 6.07 Å². The number of carbonyl (C=O) groups excluding carboxylic acids is 2. The average molecular weight is 406 g/mol. The molecule has 5 nitrogen and oxygen atoms in total. The van der Waals surface area contributed by atoms with Gasteiger partial charge in [-0.1, -0.05) is 23.8 Å². The maximum Gasteiger partial charge on any atom is 0.416 e. The van der Waals surface area contributed by atoms with Crippen LogP contribution in [-0.2, 0) is 15.7 Å². The van der Waals surface area contributed by atoms with E-state index in [4.69, 9.17) is 4.74 Å². The first kappa shape index (κ1) is 20.7. The van der Waals surface area contributed by atoms with Crippen LogP contribution in [0.1, 0.15) is 21.5 Å². The van der Waals surface area contributed by atoms with Crippen molar-refractivity contribution in [2.45, 2.75) is 13.1 Å². The Balaban J connectivity index is 1.51. The van der Waals surface area contributed by atoms with Gasteiger partial charge in [0.1, 0.15) is 0 Å². The third-order valence-corrected chi connectivity index (χ3v) is 4.75. The van der Waals surface area contributed by atoms with Crippen LogP contribution in [-0.4, -0.2) is 49.6 Å². The second-order valence-corrected chi connectivity index (χ2v) is 6.86. The molecule has 0 atom stereocenters. The van der Waals surface area contributed by atoms with Gasteiger partial charge in [0, 0.05) is 31.9 Å². The number of piperazine rings is 1. The molecule has 2 aromatic rings. The number of benzene rings is 2.